The van der Waals surface area contributed by atoms with Crippen molar-refractivity contribution in [1.82, 2.24) is 15.1 Å². The number of fused-ring (bicyclic) bond motifs is 1. The van der Waals surface area contributed by atoms with Gasteiger partial charge < -0.3 is 19.7 Å². The van der Waals surface area contributed by atoms with Crippen LogP contribution in [0.2, 0.25) is 0 Å². The minimum atomic E-state index is 0. The molecule has 0 unspecified atom stereocenters. The highest BCUT2D eigenvalue weighted by Crippen LogP contribution is 2.33. The van der Waals surface area contributed by atoms with E-state index < -0.39 is 0 Å². The number of benzene rings is 1. The van der Waals surface area contributed by atoms with Crippen LogP contribution in [0.3, 0.4) is 0 Å². The molecule has 1 amide bonds. The molecule has 0 aliphatic carbocycles. The van der Waals surface area contributed by atoms with E-state index in [1.54, 1.807) is 14.2 Å². The summed E-state index contributed by atoms with van der Waals surface area (Å²) in [7, 11) is 3.29. The van der Waals surface area contributed by atoms with Gasteiger partial charge in [0.2, 0.25) is 5.91 Å². The summed E-state index contributed by atoms with van der Waals surface area (Å²) in [4.78, 5) is 16.7. The van der Waals surface area contributed by atoms with Crippen LogP contribution in [0.25, 0.3) is 0 Å². The first-order valence-electron chi connectivity index (χ1n) is 8.16. The van der Waals surface area contributed by atoms with E-state index in [0.717, 1.165) is 56.2 Å². The van der Waals surface area contributed by atoms with Crippen LogP contribution >= 0.6 is 24.8 Å². The van der Waals surface area contributed by atoms with E-state index in [4.69, 9.17) is 9.47 Å². The quantitative estimate of drug-likeness (QED) is 0.838. The molecule has 1 N–H and O–H groups in total. The molecule has 3 rings (SSSR count). The number of ether oxygens (including phenoxy) is 2. The van der Waals surface area contributed by atoms with E-state index >= 15 is 0 Å². The Morgan fingerprint density at radius 3 is 2.24 bits per heavy atom. The molecule has 1 fully saturated rings. The summed E-state index contributed by atoms with van der Waals surface area (Å²) in [5.41, 5.74) is 2.40. The van der Waals surface area contributed by atoms with Crippen molar-refractivity contribution in [2.24, 2.45) is 0 Å². The number of hydrogen-bond acceptors (Lipinski definition) is 5. The molecule has 25 heavy (non-hydrogen) atoms. The summed E-state index contributed by atoms with van der Waals surface area (Å²) in [5.74, 6) is 1.70. The molecule has 0 spiro atoms. The van der Waals surface area contributed by atoms with E-state index in [9.17, 15) is 4.79 Å². The fraction of sp³-hybridized carbons (Fsp3) is 0.588. The maximum atomic E-state index is 12.6. The monoisotopic (exact) mass is 391 g/mol. The topological polar surface area (TPSA) is 54.0 Å². The normalized spacial score (nSPS) is 17.0. The molecule has 2 aliphatic heterocycles. The highest BCUT2D eigenvalue weighted by atomic mass is 35.5. The van der Waals surface area contributed by atoms with Crippen molar-refractivity contribution in [3.05, 3.63) is 23.3 Å². The zero-order valence-corrected chi connectivity index (χ0v) is 16.4. The predicted molar refractivity (Wildman–Crippen MR) is 102 cm³/mol. The standard InChI is InChI=1S/C17H25N3O3.2ClH/c1-22-15-9-13-3-6-20(11-14(13)10-16(15)23-2)17(21)12-19-7-4-18-5-8-19;;/h9-10,18H,3-8,11-12H2,1-2H3;2*1H. The number of piperazine rings is 1. The number of nitrogens with zero attached hydrogens (tertiary/aromatic N) is 2. The van der Waals surface area contributed by atoms with Gasteiger partial charge >= 0.3 is 0 Å². The Balaban J connectivity index is 0.00000156. The van der Waals surface area contributed by atoms with Crippen molar-refractivity contribution in [3.63, 3.8) is 0 Å². The van der Waals surface area contributed by atoms with E-state index in [0.29, 0.717) is 13.1 Å². The summed E-state index contributed by atoms with van der Waals surface area (Å²) < 4.78 is 10.7. The molecule has 2 aliphatic rings. The molecule has 0 aromatic heterocycles. The van der Waals surface area contributed by atoms with Crippen molar-refractivity contribution in [1.29, 1.82) is 0 Å². The number of rotatable bonds is 4. The van der Waals surface area contributed by atoms with Crippen LogP contribution in [-0.4, -0.2) is 69.2 Å². The minimum Gasteiger partial charge on any atom is -0.493 e. The zero-order valence-electron chi connectivity index (χ0n) is 14.7. The van der Waals surface area contributed by atoms with Gasteiger partial charge in [-0.3, -0.25) is 9.69 Å². The molecule has 0 saturated carbocycles. The number of methoxy groups -OCH3 is 2. The molecule has 1 aromatic carbocycles. The molecule has 0 radical (unpaired) electrons. The maximum absolute atomic E-state index is 12.6. The summed E-state index contributed by atoms with van der Waals surface area (Å²) in [5, 5.41) is 3.31. The minimum absolute atomic E-state index is 0. The highest BCUT2D eigenvalue weighted by molar-refractivity contribution is 5.85. The summed E-state index contributed by atoms with van der Waals surface area (Å²) in [6.45, 7) is 5.76. The summed E-state index contributed by atoms with van der Waals surface area (Å²) in [6, 6.07) is 4.03. The highest BCUT2D eigenvalue weighted by Gasteiger charge is 2.24. The zero-order chi connectivity index (χ0) is 16.2. The smallest absolute Gasteiger partial charge is 0.237 e. The maximum Gasteiger partial charge on any atom is 0.237 e. The van der Waals surface area contributed by atoms with E-state index in [1.165, 1.54) is 5.56 Å². The fourth-order valence-corrected chi connectivity index (χ4v) is 3.26. The number of hydrogen-bond donors (Lipinski definition) is 1. The number of carbonyl (C=O) groups is 1. The number of halogens is 2. The second-order valence-corrected chi connectivity index (χ2v) is 6.07. The Kier molecular flexibility index (Phi) is 8.79. The molecule has 2 heterocycles. The fourth-order valence-electron chi connectivity index (χ4n) is 3.26. The van der Waals surface area contributed by atoms with Crippen LogP contribution in [0, 0.1) is 0 Å². The van der Waals surface area contributed by atoms with Gasteiger partial charge in [0, 0.05) is 39.3 Å². The molecule has 142 valence electrons. The van der Waals surface area contributed by atoms with Gasteiger partial charge in [-0.15, -0.1) is 24.8 Å². The summed E-state index contributed by atoms with van der Waals surface area (Å²) >= 11 is 0. The van der Waals surface area contributed by atoms with Gasteiger partial charge in [-0.05, 0) is 29.7 Å². The molecule has 0 bridgehead atoms. The van der Waals surface area contributed by atoms with Gasteiger partial charge in [0.25, 0.3) is 0 Å². The number of carbonyl (C=O) groups excluding carboxylic acids is 1. The Hall–Kier alpha value is -1.21. The van der Waals surface area contributed by atoms with Crippen LogP contribution in [0.1, 0.15) is 11.1 Å². The van der Waals surface area contributed by atoms with Crippen molar-refractivity contribution >= 4 is 30.7 Å². The van der Waals surface area contributed by atoms with Gasteiger partial charge in [-0.25, -0.2) is 0 Å². The van der Waals surface area contributed by atoms with Gasteiger partial charge in [-0.1, -0.05) is 0 Å². The van der Waals surface area contributed by atoms with Crippen molar-refractivity contribution in [2.45, 2.75) is 13.0 Å². The van der Waals surface area contributed by atoms with Gasteiger partial charge in [0.15, 0.2) is 11.5 Å². The van der Waals surface area contributed by atoms with Gasteiger partial charge in [0.1, 0.15) is 0 Å². The van der Waals surface area contributed by atoms with E-state index in [-0.39, 0.29) is 30.7 Å². The average Bonchev–Trinajstić information content (AvgIpc) is 2.60. The molecular formula is C17H27Cl2N3O3. The Morgan fingerprint density at radius 1 is 1.04 bits per heavy atom. The van der Waals surface area contributed by atoms with Crippen molar-refractivity contribution < 1.29 is 14.3 Å². The lowest BCUT2D eigenvalue weighted by Gasteiger charge is -2.33. The van der Waals surface area contributed by atoms with Gasteiger partial charge in [-0.2, -0.15) is 0 Å². The SMILES string of the molecule is COc1cc2c(cc1OC)CN(C(=O)CN1CCNCC1)CC2.Cl.Cl. The Labute approximate surface area is 161 Å². The second-order valence-electron chi connectivity index (χ2n) is 6.07. The van der Waals surface area contributed by atoms with Crippen LogP contribution in [0.15, 0.2) is 12.1 Å². The van der Waals surface area contributed by atoms with Crippen LogP contribution < -0.4 is 14.8 Å². The average molecular weight is 392 g/mol. The Bertz CT molecular complexity index is 581. The molecule has 1 saturated heterocycles. The first kappa shape index (κ1) is 21.8. The molecule has 1 aromatic rings. The second kappa shape index (κ2) is 10.1. The van der Waals surface area contributed by atoms with Crippen LogP contribution in [0.5, 0.6) is 11.5 Å². The number of amides is 1. The van der Waals surface area contributed by atoms with E-state index in [1.807, 2.05) is 17.0 Å². The van der Waals surface area contributed by atoms with Crippen LogP contribution in [0.4, 0.5) is 0 Å². The molecular weight excluding hydrogens is 365 g/mol. The van der Waals surface area contributed by atoms with Crippen LogP contribution in [-0.2, 0) is 17.8 Å². The third kappa shape index (κ3) is 5.14. The van der Waals surface area contributed by atoms with E-state index in [2.05, 4.69) is 10.2 Å². The first-order chi connectivity index (χ1) is 11.2. The lowest BCUT2D eigenvalue weighted by Crippen LogP contribution is -2.49. The Morgan fingerprint density at radius 2 is 1.64 bits per heavy atom. The third-order valence-corrected chi connectivity index (χ3v) is 4.64. The predicted octanol–water partition coefficient (Wildman–Crippen LogP) is 1.34. The molecule has 6 nitrogen and oxygen atoms in total. The van der Waals surface area contributed by atoms with Crippen molar-refractivity contribution in [2.75, 3.05) is 53.5 Å². The first-order valence-corrected chi connectivity index (χ1v) is 8.16. The molecule has 0 atom stereocenters. The number of nitrogens with one attached hydrogen (secondary N) is 1. The lowest BCUT2D eigenvalue weighted by molar-refractivity contribution is -0.133. The lowest BCUT2D eigenvalue weighted by atomic mass is 9.98. The largest absolute Gasteiger partial charge is 0.493 e. The third-order valence-electron chi connectivity index (χ3n) is 4.64. The van der Waals surface area contributed by atoms with Gasteiger partial charge in [0.05, 0.1) is 20.8 Å². The van der Waals surface area contributed by atoms with Crippen molar-refractivity contribution in [3.8, 4) is 11.5 Å². The summed E-state index contributed by atoms with van der Waals surface area (Å²) in [6.07, 6.45) is 0.864. The molecule has 8 heteroatoms.